The van der Waals surface area contributed by atoms with E-state index in [1.165, 1.54) is 12.8 Å². The van der Waals surface area contributed by atoms with Crippen LogP contribution < -0.4 is 5.32 Å². The van der Waals surface area contributed by atoms with Crippen molar-refractivity contribution in [2.45, 2.75) is 31.7 Å². The van der Waals surface area contributed by atoms with Crippen LogP contribution in [0.15, 0.2) is 12.4 Å². The Morgan fingerprint density at radius 2 is 2.09 bits per heavy atom. The molecular weight excluding hydrogens is 324 g/mol. The zero-order valence-electron chi connectivity index (χ0n) is 12.9. The molecule has 1 unspecified atom stereocenters. The van der Waals surface area contributed by atoms with Gasteiger partial charge < -0.3 is 9.88 Å². The third-order valence-electron chi connectivity index (χ3n) is 4.63. The van der Waals surface area contributed by atoms with Crippen molar-refractivity contribution in [1.29, 1.82) is 0 Å². The monoisotopic (exact) mass is 348 g/mol. The molecule has 0 spiro atoms. The lowest BCUT2D eigenvalue weighted by atomic mass is 10.1. The van der Waals surface area contributed by atoms with Gasteiger partial charge in [0.1, 0.15) is 5.82 Å². The van der Waals surface area contributed by atoms with Crippen LogP contribution in [0.4, 0.5) is 0 Å². The molecule has 22 heavy (non-hydrogen) atoms. The first-order chi connectivity index (χ1) is 10.1. The van der Waals surface area contributed by atoms with Gasteiger partial charge in [-0.25, -0.2) is 13.4 Å². The Kier molecular flexibility index (Phi) is 5.87. The summed E-state index contributed by atoms with van der Waals surface area (Å²) in [5.41, 5.74) is 0. The highest BCUT2D eigenvalue weighted by Gasteiger charge is 2.36. The smallest absolute Gasteiger partial charge is 0.215 e. The fraction of sp³-hybridized carbons (Fsp3) is 0.786. The molecule has 0 aromatic carbocycles. The van der Waals surface area contributed by atoms with Gasteiger partial charge in [-0.05, 0) is 18.8 Å². The van der Waals surface area contributed by atoms with E-state index in [4.69, 9.17) is 0 Å². The maximum atomic E-state index is 12.8. The molecule has 8 heteroatoms. The van der Waals surface area contributed by atoms with E-state index in [0.717, 1.165) is 18.7 Å². The predicted octanol–water partition coefficient (Wildman–Crippen LogP) is 1.31. The van der Waals surface area contributed by atoms with Gasteiger partial charge in [-0.15, -0.1) is 12.4 Å². The van der Waals surface area contributed by atoms with E-state index in [9.17, 15) is 8.42 Å². The second-order valence-corrected chi connectivity index (χ2v) is 8.12. The van der Waals surface area contributed by atoms with Gasteiger partial charge in [0, 0.05) is 39.1 Å². The second kappa shape index (κ2) is 7.29. The Bertz CT molecular complexity index is 583. The molecule has 0 radical (unpaired) electrons. The zero-order valence-corrected chi connectivity index (χ0v) is 14.6. The molecule has 2 fully saturated rings. The third kappa shape index (κ3) is 3.64. The first-order valence-corrected chi connectivity index (χ1v) is 9.36. The van der Waals surface area contributed by atoms with Gasteiger partial charge in [0.25, 0.3) is 0 Å². The van der Waals surface area contributed by atoms with Crippen LogP contribution in [0.25, 0.3) is 0 Å². The number of piperazine rings is 1. The lowest BCUT2D eigenvalue weighted by Crippen LogP contribution is -2.50. The van der Waals surface area contributed by atoms with E-state index in [0.29, 0.717) is 31.3 Å². The Morgan fingerprint density at radius 1 is 1.36 bits per heavy atom. The molecule has 1 saturated carbocycles. The summed E-state index contributed by atoms with van der Waals surface area (Å²) in [4.78, 5) is 4.35. The average Bonchev–Trinajstić information content (AvgIpc) is 3.10. The number of hydrogen-bond acceptors (Lipinski definition) is 4. The molecule has 126 valence electrons. The number of imidazole rings is 1. The molecule has 1 saturated heterocycles. The highest BCUT2D eigenvalue weighted by atomic mass is 35.5. The van der Waals surface area contributed by atoms with Crippen LogP contribution in [0.5, 0.6) is 0 Å². The van der Waals surface area contributed by atoms with Crippen molar-refractivity contribution in [3.63, 3.8) is 0 Å². The standard InChI is InChI=1S/C14H24N4O2S.ClH/c1-17-8-7-16-14(17)13-10-15-6-9-18(13)21(19,20)11-12-4-2-3-5-12;/h7-8,12-13,15H,2-6,9-11H2,1H3;1H. The van der Waals surface area contributed by atoms with Gasteiger partial charge >= 0.3 is 0 Å². The van der Waals surface area contributed by atoms with E-state index in [1.54, 1.807) is 10.5 Å². The molecule has 1 aromatic heterocycles. The summed E-state index contributed by atoms with van der Waals surface area (Å²) in [6, 6.07) is -0.190. The van der Waals surface area contributed by atoms with Crippen molar-refractivity contribution in [3.05, 3.63) is 18.2 Å². The highest BCUT2D eigenvalue weighted by molar-refractivity contribution is 7.89. The minimum atomic E-state index is -3.22. The van der Waals surface area contributed by atoms with Gasteiger partial charge in [-0.2, -0.15) is 4.31 Å². The van der Waals surface area contributed by atoms with Crippen LogP contribution in [-0.2, 0) is 17.1 Å². The number of halogens is 1. The minimum absolute atomic E-state index is 0. The number of aryl methyl sites for hydroxylation is 1. The summed E-state index contributed by atoms with van der Waals surface area (Å²) in [6.07, 6.45) is 8.04. The SMILES string of the molecule is Cl.Cn1ccnc1C1CNCCN1S(=O)(=O)CC1CCCC1. The zero-order chi connectivity index (χ0) is 14.9. The van der Waals surface area contributed by atoms with Crippen molar-refractivity contribution >= 4 is 22.4 Å². The Labute approximate surface area is 138 Å². The van der Waals surface area contributed by atoms with E-state index in [-0.39, 0.29) is 18.4 Å². The van der Waals surface area contributed by atoms with Crippen LogP contribution in [-0.4, -0.2) is 47.7 Å². The van der Waals surface area contributed by atoms with Crippen LogP contribution in [0, 0.1) is 5.92 Å². The fourth-order valence-electron chi connectivity index (χ4n) is 3.51. The van der Waals surface area contributed by atoms with Gasteiger partial charge in [-0.1, -0.05) is 12.8 Å². The fourth-order valence-corrected chi connectivity index (χ4v) is 5.55. The van der Waals surface area contributed by atoms with Crippen molar-refractivity contribution in [3.8, 4) is 0 Å². The largest absolute Gasteiger partial charge is 0.337 e. The molecule has 0 bridgehead atoms. The number of rotatable bonds is 4. The topological polar surface area (TPSA) is 67.2 Å². The van der Waals surface area contributed by atoms with Crippen molar-refractivity contribution in [1.82, 2.24) is 19.2 Å². The maximum Gasteiger partial charge on any atom is 0.215 e. The number of hydrogen-bond donors (Lipinski definition) is 1. The lowest BCUT2D eigenvalue weighted by Gasteiger charge is -2.35. The summed E-state index contributed by atoms with van der Waals surface area (Å²) in [6.45, 7) is 1.88. The average molecular weight is 349 g/mol. The Hall–Kier alpha value is -0.630. The van der Waals surface area contributed by atoms with E-state index >= 15 is 0 Å². The summed E-state index contributed by atoms with van der Waals surface area (Å²) in [5.74, 6) is 1.46. The Balaban J connectivity index is 0.00000176. The third-order valence-corrected chi connectivity index (χ3v) is 6.67. The van der Waals surface area contributed by atoms with Gasteiger partial charge in [0.05, 0.1) is 11.8 Å². The van der Waals surface area contributed by atoms with Crippen LogP contribution >= 0.6 is 12.4 Å². The summed E-state index contributed by atoms with van der Waals surface area (Å²) >= 11 is 0. The number of nitrogens with one attached hydrogen (secondary N) is 1. The first-order valence-electron chi connectivity index (χ1n) is 7.75. The Morgan fingerprint density at radius 3 is 2.73 bits per heavy atom. The van der Waals surface area contributed by atoms with Crippen LogP contribution in [0.1, 0.15) is 37.5 Å². The van der Waals surface area contributed by atoms with E-state index < -0.39 is 10.0 Å². The molecule has 3 rings (SSSR count). The predicted molar refractivity (Wildman–Crippen MR) is 88.5 cm³/mol. The van der Waals surface area contributed by atoms with Crippen molar-refractivity contribution in [2.75, 3.05) is 25.4 Å². The second-order valence-electron chi connectivity index (χ2n) is 6.16. The van der Waals surface area contributed by atoms with Gasteiger partial charge in [-0.3, -0.25) is 0 Å². The highest BCUT2D eigenvalue weighted by Crippen LogP contribution is 2.30. The summed E-state index contributed by atoms with van der Waals surface area (Å²) in [7, 11) is -1.30. The molecule has 1 N–H and O–H groups in total. The molecule has 0 amide bonds. The van der Waals surface area contributed by atoms with E-state index in [2.05, 4.69) is 10.3 Å². The normalized spacial score (nSPS) is 24.3. The lowest BCUT2D eigenvalue weighted by molar-refractivity contribution is 0.257. The molecule has 6 nitrogen and oxygen atoms in total. The van der Waals surface area contributed by atoms with Crippen LogP contribution in [0.3, 0.4) is 0 Å². The van der Waals surface area contributed by atoms with Gasteiger partial charge in [0.15, 0.2) is 0 Å². The summed E-state index contributed by atoms with van der Waals surface area (Å²) < 4.78 is 29.2. The van der Waals surface area contributed by atoms with Crippen LogP contribution in [0.2, 0.25) is 0 Å². The maximum absolute atomic E-state index is 12.8. The van der Waals surface area contributed by atoms with Crippen molar-refractivity contribution in [2.24, 2.45) is 13.0 Å². The molecule has 1 atom stereocenters. The molecular formula is C14H25ClN4O2S. The molecule has 1 aliphatic heterocycles. The molecule has 2 aliphatic rings. The minimum Gasteiger partial charge on any atom is -0.337 e. The number of nitrogens with zero attached hydrogens (tertiary/aromatic N) is 3. The van der Waals surface area contributed by atoms with E-state index in [1.807, 2.05) is 17.8 Å². The summed E-state index contributed by atoms with van der Waals surface area (Å²) in [5, 5.41) is 3.29. The van der Waals surface area contributed by atoms with Crippen molar-refractivity contribution < 1.29 is 8.42 Å². The number of sulfonamides is 1. The quantitative estimate of drug-likeness (QED) is 0.890. The molecule has 1 aromatic rings. The molecule has 1 aliphatic carbocycles. The van der Waals surface area contributed by atoms with Gasteiger partial charge in [0.2, 0.25) is 10.0 Å². The first kappa shape index (κ1) is 17.7. The number of aromatic nitrogens is 2. The molecule has 2 heterocycles.